The predicted octanol–water partition coefficient (Wildman–Crippen LogP) is 4.35. The lowest BCUT2D eigenvalue weighted by Crippen LogP contribution is -2.54. The van der Waals surface area contributed by atoms with Gasteiger partial charge in [0, 0.05) is 12.1 Å². The summed E-state index contributed by atoms with van der Waals surface area (Å²) in [7, 11) is 1.97. The minimum absolute atomic E-state index is 0.0484. The van der Waals surface area contributed by atoms with E-state index >= 15 is 0 Å². The van der Waals surface area contributed by atoms with E-state index in [1.807, 2.05) is 13.0 Å². The van der Waals surface area contributed by atoms with Gasteiger partial charge in [-0.3, -0.25) is 4.79 Å². The van der Waals surface area contributed by atoms with Crippen molar-refractivity contribution in [2.24, 2.45) is 5.92 Å². The molecule has 2 atom stereocenters. The molecular weight excluding hydrogens is 498 g/mol. The van der Waals surface area contributed by atoms with E-state index in [9.17, 15) is 13.2 Å². The van der Waals surface area contributed by atoms with Gasteiger partial charge in [0.25, 0.3) is 0 Å². The van der Waals surface area contributed by atoms with E-state index in [0.29, 0.717) is 34.1 Å². The van der Waals surface area contributed by atoms with Gasteiger partial charge in [-0.2, -0.15) is 8.42 Å². The molecule has 0 saturated carbocycles. The number of ether oxygens (including phenoxy) is 4. The van der Waals surface area contributed by atoms with Crippen LogP contribution in [0.4, 0.5) is 5.69 Å². The molecule has 10 heteroatoms. The van der Waals surface area contributed by atoms with E-state index in [-0.39, 0.29) is 35.1 Å². The van der Waals surface area contributed by atoms with Crippen molar-refractivity contribution in [3.8, 4) is 28.7 Å². The van der Waals surface area contributed by atoms with Crippen LogP contribution in [0, 0.1) is 5.92 Å². The Kier molecular flexibility index (Phi) is 7.49. The number of β-lactam (4-membered cyclic amide) rings is 1. The zero-order valence-corrected chi connectivity index (χ0v) is 22.1. The predicted molar refractivity (Wildman–Crippen MR) is 138 cm³/mol. The number of hydrogen-bond donors (Lipinski definition) is 0. The molecule has 9 nitrogen and oxygen atoms in total. The summed E-state index contributed by atoms with van der Waals surface area (Å²) in [5, 5.41) is 0. The maximum absolute atomic E-state index is 13.0. The maximum Gasteiger partial charge on any atom is 0.313 e. The van der Waals surface area contributed by atoms with Gasteiger partial charge in [-0.1, -0.05) is 43.3 Å². The summed E-state index contributed by atoms with van der Waals surface area (Å²) in [4.78, 5) is 14.6. The molecule has 196 valence electrons. The first-order valence-electron chi connectivity index (χ1n) is 11.5. The number of rotatable bonds is 10. The maximum atomic E-state index is 13.0. The molecule has 0 radical (unpaired) electrons. The number of methoxy groups -OCH3 is 4. The lowest BCUT2D eigenvalue weighted by molar-refractivity contribution is -0.129. The standard InChI is InChI=1S/C27H29NO8S/c1-17-25(28(27(17)29)20-14-23(33-3)26(35-5)24(15-20)34-4)19-11-12-21(32-2)22(13-19)36-37(30,31)16-18-9-7-6-8-10-18/h6-15,17,25H,16H2,1-5H3/t17?,25-/m1/s1. The molecule has 1 heterocycles. The van der Waals surface area contributed by atoms with E-state index in [1.54, 1.807) is 59.5 Å². The molecule has 1 unspecified atom stereocenters. The van der Waals surface area contributed by atoms with Gasteiger partial charge < -0.3 is 28.0 Å². The van der Waals surface area contributed by atoms with Crippen LogP contribution in [0.1, 0.15) is 24.1 Å². The second kappa shape index (κ2) is 10.6. The zero-order chi connectivity index (χ0) is 26.7. The quantitative estimate of drug-likeness (QED) is 0.283. The van der Waals surface area contributed by atoms with Gasteiger partial charge in [-0.15, -0.1) is 0 Å². The number of hydrogen-bond acceptors (Lipinski definition) is 8. The smallest absolute Gasteiger partial charge is 0.313 e. The highest BCUT2D eigenvalue weighted by atomic mass is 32.2. The molecule has 3 aromatic rings. The highest BCUT2D eigenvalue weighted by Gasteiger charge is 2.46. The number of carbonyl (C=O) groups excluding carboxylic acids is 1. The van der Waals surface area contributed by atoms with Crippen molar-refractivity contribution in [3.05, 3.63) is 71.8 Å². The molecule has 1 fully saturated rings. The van der Waals surface area contributed by atoms with Crippen LogP contribution in [-0.4, -0.2) is 42.8 Å². The summed E-state index contributed by atoms with van der Waals surface area (Å²) in [6.07, 6.45) is 0. The Morgan fingerprint density at radius 3 is 1.97 bits per heavy atom. The molecule has 0 N–H and O–H groups in total. The first kappa shape index (κ1) is 26.2. The summed E-state index contributed by atoms with van der Waals surface area (Å²) in [5.74, 6) is 0.787. The number of amides is 1. The fourth-order valence-electron chi connectivity index (χ4n) is 4.45. The molecule has 0 aromatic heterocycles. The SMILES string of the molecule is COc1ccc([C@H]2C(C)C(=O)N2c2cc(OC)c(OC)c(OC)c2)cc1OS(=O)(=O)Cc1ccccc1. The molecule has 0 aliphatic carbocycles. The second-order valence-electron chi connectivity index (χ2n) is 8.51. The largest absolute Gasteiger partial charge is 0.493 e. The number of nitrogens with zero attached hydrogens (tertiary/aromatic N) is 1. The van der Waals surface area contributed by atoms with E-state index < -0.39 is 10.1 Å². The van der Waals surface area contributed by atoms with Gasteiger partial charge >= 0.3 is 10.1 Å². The molecule has 0 spiro atoms. The van der Waals surface area contributed by atoms with Gasteiger partial charge in [0.05, 0.1) is 46.1 Å². The van der Waals surface area contributed by atoms with Crippen molar-refractivity contribution in [1.82, 2.24) is 0 Å². The normalized spacial score (nSPS) is 17.1. The third-order valence-corrected chi connectivity index (χ3v) is 7.36. The third-order valence-electron chi connectivity index (χ3n) is 6.24. The Morgan fingerprint density at radius 2 is 1.41 bits per heavy atom. The van der Waals surface area contributed by atoms with Crippen LogP contribution in [0.2, 0.25) is 0 Å². The lowest BCUT2D eigenvalue weighted by atomic mass is 9.83. The monoisotopic (exact) mass is 527 g/mol. The third kappa shape index (κ3) is 5.15. The molecule has 1 aliphatic heterocycles. The van der Waals surface area contributed by atoms with Crippen LogP contribution in [0.25, 0.3) is 0 Å². The summed E-state index contributed by atoms with van der Waals surface area (Å²) < 4.78 is 52.8. The van der Waals surface area contributed by atoms with Crippen molar-refractivity contribution < 1.29 is 36.3 Å². The highest BCUT2D eigenvalue weighted by molar-refractivity contribution is 7.86. The molecule has 4 rings (SSSR count). The van der Waals surface area contributed by atoms with Crippen molar-refractivity contribution in [2.75, 3.05) is 33.3 Å². The van der Waals surface area contributed by atoms with Crippen LogP contribution >= 0.6 is 0 Å². The topological polar surface area (TPSA) is 101 Å². The first-order chi connectivity index (χ1) is 17.7. The van der Waals surface area contributed by atoms with E-state index in [1.165, 1.54) is 28.4 Å². The molecular formula is C27H29NO8S. The van der Waals surface area contributed by atoms with Gasteiger partial charge in [0.15, 0.2) is 23.0 Å². The molecule has 37 heavy (non-hydrogen) atoms. The van der Waals surface area contributed by atoms with Crippen LogP contribution in [0.15, 0.2) is 60.7 Å². The second-order valence-corrected chi connectivity index (χ2v) is 10.1. The Hall–Kier alpha value is -3.92. The fraction of sp³-hybridized carbons (Fsp3) is 0.296. The van der Waals surface area contributed by atoms with Crippen molar-refractivity contribution in [3.63, 3.8) is 0 Å². The van der Waals surface area contributed by atoms with Crippen molar-refractivity contribution in [2.45, 2.75) is 18.7 Å². The summed E-state index contributed by atoms with van der Waals surface area (Å²) in [6, 6.07) is 16.8. The van der Waals surface area contributed by atoms with E-state index in [2.05, 4.69) is 0 Å². The zero-order valence-electron chi connectivity index (χ0n) is 21.3. The Bertz CT molecular complexity index is 1370. The first-order valence-corrected chi connectivity index (χ1v) is 13.1. The average Bonchev–Trinajstić information content (AvgIpc) is 2.90. The molecule has 3 aromatic carbocycles. The molecule has 1 aliphatic rings. The van der Waals surface area contributed by atoms with Crippen LogP contribution in [0.5, 0.6) is 28.7 Å². The minimum Gasteiger partial charge on any atom is -0.493 e. The molecule has 0 bridgehead atoms. The highest BCUT2D eigenvalue weighted by Crippen LogP contribution is 2.49. The summed E-state index contributed by atoms with van der Waals surface area (Å²) in [5.41, 5.74) is 1.84. The Morgan fingerprint density at radius 1 is 0.784 bits per heavy atom. The van der Waals surface area contributed by atoms with Gasteiger partial charge in [0.2, 0.25) is 11.7 Å². The number of carbonyl (C=O) groups is 1. The van der Waals surface area contributed by atoms with Gasteiger partial charge in [-0.05, 0) is 23.3 Å². The summed E-state index contributed by atoms with van der Waals surface area (Å²) in [6.45, 7) is 1.82. The Balaban J connectivity index is 1.69. The lowest BCUT2D eigenvalue weighted by Gasteiger charge is -2.46. The minimum atomic E-state index is -3.97. The number of benzene rings is 3. The van der Waals surface area contributed by atoms with E-state index in [4.69, 9.17) is 23.1 Å². The fourth-order valence-corrected chi connectivity index (χ4v) is 5.52. The molecule has 1 amide bonds. The van der Waals surface area contributed by atoms with Crippen LogP contribution in [-0.2, 0) is 20.7 Å². The summed E-state index contributed by atoms with van der Waals surface area (Å²) >= 11 is 0. The molecule has 1 saturated heterocycles. The van der Waals surface area contributed by atoms with Crippen molar-refractivity contribution >= 4 is 21.7 Å². The van der Waals surface area contributed by atoms with Crippen molar-refractivity contribution in [1.29, 1.82) is 0 Å². The average molecular weight is 528 g/mol. The van der Waals surface area contributed by atoms with Crippen LogP contribution in [0.3, 0.4) is 0 Å². The number of anilines is 1. The van der Waals surface area contributed by atoms with Crippen LogP contribution < -0.4 is 28.0 Å². The Labute approximate surface area is 216 Å². The van der Waals surface area contributed by atoms with Gasteiger partial charge in [0.1, 0.15) is 5.75 Å². The van der Waals surface area contributed by atoms with Gasteiger partial charge in [-0.25, -0.2) is 0 Å². The van der Waals surface area contributed by atoms with E-state index in [0.717, 1.165) is 0 Å².